The van der Waals surface area contributed by atoms with E-state index in [1.165, 1.54) is 29.2 Å². The summed E-state index contributed by atoms with van der Waals surface area (Å²) in [6, 6.07) is 5.52. The van der Waals surface area contributed by atoms with Gasteiger partial charge < -0.3 is 49.7 Å². The highest BCUT2D eigenvalue weighted by Crippen LogP contribution is 2.69. The Morgan fingerprint density at radius 2 is 1.72 bits per heavy atom. The van der Waals surface area contributed by atoms with Crippen molar-refractivity contribution >= 4 is 33.3 Å². The summed E-state index contributed by atoms with van der Waals surface area (Å²) in [6.07, 6.45) is 0.382. The Labute approximate surface area is 271 Å². The van der Waals surface area contributed by atoms with Gasteiger partial charge in [0.2, 0.25) is 0 Å². The largest absolute Gasteiger partial charge is 0.466 e. The first kappa shape index (κ1) is 40.3. The predicted molar refractivity (Wildman–Crippen MR) is 164 cm³/mol. The fourth-order valence-corrected chi connectivity index (χ4v) is 7.02. The highest BCUT2D eigenvalue weighted by molar-refractivity contribution is 7.72. The molecule has 0 bridgehead atoms. The van der Waals surface area contributed by atoms with E-state index in [-0.39, 0.29) is 18.9 Å². The van der Waals surface area contributed by atoms with Crippen molar-refractivity contribution in [3.05, 3.63) is 48.0 Å². The number of amides is 3. The second kappa shape index (κ2) is 18.0. The molecule has 2 atom stereocenters. The van der Waals surface area contributed by atoms with Crippen LogP contribution in [-0.2, 0) is 29.3 Å². The molecule has 0 aromatic heterocycles. The Balaban J connectivity index is 2.11. The molecule has 1 fully saturated rings. The zero-order valence-electron chi connectivity index (χ0n) is 25.9. The van der Waals surface area contributed by atoms with Crippen LogP contribution in [0.1, 0.15) is 63.9 Å². The number of alkyl halides is 2. The summed E-state index contributed by atoms with van der Waals surface area (Å²) in [7, 11) is -11.4. The van der Waals surface area contributed by atoms with Crippen molar-refractivity contribution in [3.8, 4) is 0 Å². The van der Waals surface area contributed by atoms with Crippen molar-refractivity contribution in [2.75, 3.05) is 26.2 Å². The molecule has 0 saturated carbocycles. The minimum Gasteiger partial charge on any atom is -0.466 e. The van der Waals surface area contributed by atoms with E-state index < -0.39 is 75.4 Å². The lowest BCUT2D eigenvalue weighted by atomic mass is 10.0. The number of alkyl carbamates (subject to hydrolysis) is 1. The molecule has 1 heterocycles. The topological polar surface area (TPSA) is 232 Å². The maximum absolute atomic E-state index is 15.7. The maximum Gasteiger partial charge on any atom is 0.407 e. The fraction of sp³-hybridized carbons (Fsp3) is 0.607. The Hall–Kier alpha value is -2.91. The molecule has 15 nitrogen and oxygen atoms in total. The first-order chi connectivity index (χ1) is 21.9. The van der Waals surface area contributed by atoms with Crippen LogP contribution >= 0.6 is 15.2 Å². The smallest absolute Gasteiger partial charge is 0.407 e. The number of urea groups is 1. The highest BCUT2D eigenvalue weighted by Gasteiger charge is 2.58. The number of aliphatic hydroxyl groups is 1. The van der Waals surface area contributed by atoms with Crippen molar-refractivity contribution < 1.29 is 66.4 Å². The molecule has 1 aromatic carbocycles. The van der Waals surface area contributed by atoms with Crippen LogP contribution in [0.5, 0.6) is 0 Å². The summed E-state index contributed by atoms with van der Waals surface area (Å²) in [5.41, 5.74) is -0.475. The van der Waals surface area contributed by atoms with Crippen LogP contribution in [0.4, 0.5) is 18.4 Å². The van der Waals surface area contributed by atoms with E-state index in [0.717, 1.165) is 24.6 Å². The van der Waals surface area contributed by atoms with Gasteiger partial charge in [0.25, 0.3) is 5.08 Å². The number of halogens is 2. The molecule has 7 N–H and O–H groups in total. The molecular formula is C28H43F2N3O12P2. The zero-order valence-corrected chi connectivity index (χ0v) is 27.7. The molecule has 0 aliphatic carbocycles. The second-order valence-electron chi connectivity index (χ2n) is 10.8. The fourth-order valence-electron chi connectivity index (χ4n) is 4.76. The van der Waals surface area contributed by atoms with E-state index >= 15 is 8.78 Å². The number of esters is 1. The van der Waals surface area contributed by atoms with E-state index in [2.05, 4.69) is 10.6 Å². The van der Waals surface area contributed by atoms with E-state index in [1.54, 1.807) is 6.92 Å². The molecular weight excluding hydrogens is 670 g/mol. The monoisotopic (exact) mass is 713 g/mol. The average Bonchev–Trinajstić information content (AvgIpc) is 2.99. The van der Waals surface area contributed by atoms with Gasteiger partial charge in [0.1, 0.15) is 0 Å². The number of hydrogen-bond donors (Lipinski definition) is 7. The van der Waals surface area contributed by atoms with Crippen LogP contribution in [0.25, 0.3) is 0 Å². The standard InChI is InChI=1S/C28H43F2N3O12P2/c1-2-44-24(34)13-8-3-4-9-20-33-22(16-19-31-25(33)35)14-15-23(28(29,30)21-11-6-5-7-12-21)45-26(36)32-18-10-17-27(37,46(38,39)40)47(41,42)43/h5-7,11-12,14-15,22-23,37H,2-4,8-10,13,16-20H2,1H3,(H,31,35)(H,32,36)(H2,38,39,40)(H2,41,42,43)/b15-14+/t22-,23+/m0/s1. The van der Waals surface area contributed by atoms with Gasteiger partial charge in [0.05, 0.1) is 12.6 Å². The summed E-state index contributed by atoms with van der Waals surface area (Å²) >= 11 is 0. The Kier molecular flexibility index (Phi) is 15.4. The molecule has 47 heavy (non-hydrogen) atoms. The number of carbonyl (C=O) groups is 3. The van der Waals surface area contributed by atoms with Gasteiger partial charge in [0.15, 0.2) is 6.10 Å². The number of benzene rings is 1. The van der Waals surface area contributed by atoms with Crippen LogP contribution in [0.2, 0.25) is 0 Å². The van der Waals surface area contributed by atoms with Gasteiger partial charge in [-0.25, -0.2) is 9.59 Å². The van der Waals surface area contributed by atoms with E-state index in [4.69, 9.17) is 9.47 Å². The van der Waals surface area contributed by atoms with Crippen LogP contribution in [-0.4, -0.2) is 91.1 Å². The van der Waals surface area contributed by atoms with Crippen LogP contribution in [0.15, 0.2) is 42.5 Å². The number of carbonyl (C=O) groups excluding carboxylic acids is 3. The summed E-state index contributed by atoms with van der Waals surface area (Å²) in [5, 5.41) is 11.1. The lowest BCUT2D eigenvalue weighted by Gasteiger charge is -2.35. The van der Waals surface area contributed by atoms with Gasteiger partial charge in [-0.3, -0.25) is 13.9 Å². The summed E-state index contributed by atoms with van der Waals surface area (Å²) in [6.45, 7) is 2.06. The number of nitrogens with zero attached hydrogens (tertiary/aromatic N) is 1. The minimum absolute atomic E-state index is 0.278. The third kappa shape index (κ3) is 11.9. The Bertz CT molecular complexity index is 1290. The summed E-state index contributed by atoms with van der Waals surface area (Å²) in [5.74, 6) is -4.03. The molecule has 19 heteroatoms. The molecule has 1 aromatic rings. The summed E-state index contributed by atoms with van der Waals surface area (Å²) in [4.78, 5) is 75.1. The van der Waals surface area contributed by atoms with Gasteiger partial charge >= 0.3 is 39.2 Å². The first-order valence-corrected chi connectivity index (χ1v) is 18.3. The molecule has 0 unspecified atom stereocenters. The van der Waals surface area contributed by atoms with Crippen molar-refractivity contribution in [2.45, 2.75) is 81.4 Å². The second-order valence-corrected chi connectivity index (χ2v) is 14.9. The first-order valence-electron chi connectivity index (χ1n) is 15.0. The van der Waals surface area contributed by atoms with Gasteiger partial charge in [-0.15, -0.1) is 0 Å². The molecule has 0 spiro atoms. The lowest BCUT2D eigenvalue weighted by molar-refractivity contribution is -0.143. The van der Waals surface area contributed by atoms with E-state index in [0.29, 0.717) is 38.8 Å². The average molecular weight is 714 g/mol. The molecule has 1 saturated heterocycles. The van der Waals surface area contributed by atoms with Crippen molar-refractivity contribution in [2.24, 2.45) is 0 Å². The van der Waals surface area contributed by atoms with Crippen molar-refractivity contribution in [1.82, 2.24) is 15.5 Å². The zero-order chi connectivity index (χ0) is 35.3. The number of hydrogen-bond acceptors (Lipinski definition) is 8. The molecule has 3 amide bonds. The van der Waals surface area contributed by atoms with Gasteiger partial charge in [0, 0.05) is 38.0 Å². The Morgan fingerprint density at radius 3 is 2.34 bits per heavy atom. The third-order valence-electron chi connectivity index (χ3n) is 7.36. The SMILES string of the molecule is CCOC(=O)CCCCCCN1C(=O)NCC[C@@H]1/C=C/[C@@H](OC(=O)NCCCC(O)(P(=O)(O)O)P(=O)(O)O)C(F)(F)c1ccccc1. The molecule has 0 radical (unpaired) electrons. The number of unbranched alkanes of at least 4 members (excludes halogenated alkanes) is 3. The minimum atomic E-state index is -5.71. The number of ether oxygens (including phenoxy) is 2. The highest BCUT2D eigenvalue weighted by atomic mass is 31.2. The Morgan fingerprint density at radius 1 is 1.09 bits per heavy atom. The van der Waals surface area contributed by atoms with E-state index in [1.807, 2.05) is 0 Å². The van der Waals surface area contributed by atoms with Crippen LogP contribution in [0.3, 0.4) is 0 Å². The van der Waals surface area contributed by atoms with Gasteiger partial charge in [-0.05, 0) is 38.7 Å². The number of nitrogens with one attached hydrogen (secondary N) is 2. The van der Waals surface area contributed by atoms with Crippen molar-refractivity contribution in [3.63, 3.8) is 0 Å². The molecule has 1 aliphatic heterocycles. The van der Waals surface area contributed by atoms with Gasteiger partial charge in [-0.2, -0.15) is 8.78 Å². The number of rotatable bonds is 19. The molecule has 2 rings (SSSR count). The molecule has 266 valence electrons. The quantitative estimate of drug-likeness (QED) is 0.0473. The van der Waals surface area contributed by atoms with Crippen molar-refractivity contribution in [1.29, 1.82) is 0 Å². The normalized spacial score (nSPS) is 16.9. The predicted octanol–water partition coefficient (Wildman–Crippen LogP) is 3.51. The van der Waals surface area contributed by atoms with E-state index in [9.17, 15) is 48.2 Å². The summed E-state index contributed by atoms with van der Waals surface area (Å²) < 4.78 is 64.3. The lowest BCUT2D eigenvalue weighted by Crippen LogP contribution is -2.52. The third-order valence-corrected chi connectivity index (χ3v) is 11.2. The van der Waals surface area contributed by atoms with Crippen LogP contribution < -0.4 is 10.6 Å². The van der Waals surface area contributed by atoms with Crippen LogP contribution in [0, 0.1) is 0 Å². The van der Waals surface area contributed by atoms with Gasteiger partial charge in [-0.1, -0.05) is 49.2 Å². The maximum atomic E-state index is 15.7. The molecule has 1 aliphatic rings.